The highest BCUT2D eigenvalue weighted by Crippen LogP contribution is 2.43. The molecule has 2 heterocycles. The van der Waals surface area contributed by atoms with Crippen molar-refractivity contribution < 1.29 is 33.0 Å². The monoisotopic (exact) mass is 596 g/mol. The van der Waals surface area contributed by atoms with Crippen LogP contribution in [0.25, 0.3) is 33.4 Å². The van der Waals surface area contributed by atoms with Crippen LogP contribution in [-0.4, -0.2) is 50.3 Å². The first-order valence-electron chi connectivity index (χ1n) is 14.2. The minimum atomic E-state index is -0.499. The lowest BCUT2D eigenvalue weighted by Crippen LogP contribution is -2.36. The Morgan fingerprint density at radius 3 is 2.34 bits per heavy atom. The summed E-state index contributed by atoms with van der Waals surface area (Å²) in [5, 5.41) is 0.787. The molecule has 1 aliphatic heterocycles. The number of pyridine rings is 1. The van der Waals surface area contributed by atoms with Crippen LogP contribution in [0.15, 0.2) is 88.2 Å². The van der Waals surface area contributed by atoms with Crippen LogP contribution in [0.3, 0.4) is 0 Å². The average Bonchev–Trinajstić information content (AvgIpc) is 3.02. The van der Waals surface area contributed by atoms with Crippen molar-refractivity contribution in [1.29, 1.82) is 0 Å². The third-order valence-corrected chi connectivity index (χ3v) is 6.84. The molecule has 5 rings (SSSR count). The number of nitrogens with zero attached hydrogens (tertiary/aromatic N) is 2. The predicted molar refractivity (Wildman–Crippen MR) is 165 cm³/mol. The molecule has 0 amide bonds. The van der Waals surface area contributed by atoms with Gasteiger partial charge in [-0.1, -0.05) is 12.1 Å². The van der Waals surface area contributed by atoms with E-state index < -0.39 is 11.9 Å². The lowest BCUT2D eigenvalue weighted by atomic mass is 9.93. The summed E-state index contributed by atoms with van der Waals surface area (Å²) in [6.45, 7) is 3.56. The topological polar surface area (TPSA) is 117 Å². The van der Waals surface area contributed by atoms with Crippen molar-refractivity contribution in [3.63, 3.8) is 0 Å². The molecular formula is C34H32N2O8. The first kappa shape index (κ1) is 30.1. The van der Waals surface area contributed by atoms with Gasteiger partial charge in [0.15, 0.2) is 5.43 Å². The van der Waals surface area contributed by atoms with Crippen LogP contribution in [-0.2, 0) is 25.7 Å². The normalized spacial score (nSPS) is 10.9. The summed E-state index contributed by atoms with van der Waals surface area (Å²) < 4.78 is 28.3. The van der Waals surface area contributed by atoms with Gasteiger partial charge < -0.3 is 28.3 Å². The van der Waals surface area contributed by atoms with E-state index in [-0.39, 0.29) is 38.3 Å². The molecule has 0 fully saturated rings. The number of rotatable bonds is 12. The second-order valence-corrected chi connectivity index (χ2v) is 9.76. The van der Waals surface area contributed by atoms with Crippen molar-refractivity contribution in [3.8, 4) is 33.9 Å². The highest BCUT2D eigenvalue weighted by molar-refractivity contribution is 6.02. The molecule has 226 valence electrons. The maximum Gasteiger partial charge on any atom is 0.325 e. The molecule has 0 spiro atoms. The highest BCUT2D eigenvalue weighted by atomic mass is 16.5. The van der Waals surface area contributed by atoms with Crippen molar-refractivity contribution in [2.75, 3.05) is 38.3 Å². The van der Waals surface area contributed by atoms with Gasteiger partial charge in [0.2, 0.25) is 0 Å². The van der Waals surface area contributed by atoms with Gasteiger partial charge in [-0.3, -0.25) is 19.4 Å². The van der Waals surface area contributed by atoms with E-state index in [0.29, 0.717) is 34.2 Å². The Morgan fingerprint density at radius 1 is 0.886 bits per heavy atom. The highest BCUT2D eigenvalue weighted by Gasteiger charge is 2.23. The molecule has 0 unspecified atom stereocenters. The summed E-state index contributed by atoms with van der Waals surface area (Å²) >= 11 is 0. The number of esters is 2. The zero-order valence-electron chi connectivity index (χ0n) is 24.7. The number of ether oxygens (including phenoxy) is 4. The van der Waals surface area contributed by atoms with Gasteiger partial charge in [-0.25, -0.2) is 0 Å². The van der Waals surface area contributed by atoms with Crippen molar-refractivity contribution >= 4 is 28.6 Å². The lowest BCUT2D eigenvalue weighted by molar-refractivity contribution is -0.142. The maximum atomic E-state index is 12.6. The van der Waals surface area contributed by atoms with Gasteiger partial charge in [0.05, 0.1) is 31.7 Å². The minimum Gasteiger partial charge on any atom is -0.497 e. The third-order valence-electron chi connectivity index (χ3n) is 6.84. The first-order chi connectivity index (χ1) is 21.4. The zero-order valence-corrected chi connectivity index (χ0v) is 24.7. The Kier molecular flexibility index (Phi) is 9.39. The summed E-state index contributed by atoms with van der Waals surface area (Å²) in [7, 11) is 1.57. The summed E-state index contributed by atoms with van der Waals surface area (Å²) in [5.74, 6) is 0.423. The zero-order chi connectivity index (χ0) is 31.1. The van der Waals surface area contributed by atoms with Gasteiger partial charge in [0.25, 0.3) is 0 Å². The second kappa shape index (κ2) is 13.7. The summed E-state index contributed by atoms with van der Waals surface area (Å²) in [5.41, 5.74) is 3.81. The van der Waals surface area contributed by atoms with E-state index in [2.05, 4.69) is 4.98 Å². The van der Waals surface area contributed by atoms with E-state index >= 15 is 0 Å². The Morgan fingerprint density at radius 2 is 1.66 bits per heavy atom. The standard InChI is InChI=1S/C34H32N2O8/c1-4-41-32(38)19-36(20-33(39)42-5-2)28-14-9-22(16-31(28)43-21-23-8-6-7-15-35-23)34-26-12-10-24(37)17-29(26)44-30-18-25(40-3)11-13-27(30)34/h6-18H,4-5,19-21H2,1-3H3. The number of hydrogen-bond donors (Lipinski definition) is 0. The smallest absolute Gasteiger partial charge is 0.325 e. The number of benzene rings is 3. The van der Waals surface area contributed by atoms with E-state index in [9.17, 15) is 14.4 Å². The number of anilines is 1. The van der Waals surface area contributed by atoms with Crippen LogP contribution in [0.1, 0.15) is 19.5 Å². The predicted octanol–water partition coefficient (Wildman–Crippen LogP) is 5.48. The van der Waals surface area contributed by atoms with Crippen LogP contribution >= 0.6 is 0 Å². The van der Waals surface area contributed by atoms with Crippen LogP contribution in [0.4, 0.5) is 5.69 Å². The molecule has 2 aromatic carbocycles. The van der Waals surface area contributed by atoms with E-state index in [1.165, 1.54) is 12.1 Å². The Labute approximate surface area is 254 Å². The maximum absolute atomic E-state index is 12.6. The van der Waals surface area contributed by atoms with E-state index in [4.69, 9.17) is 23.4 Å². The van der Waals surface area contributed by atoms with Crippen LogP contribution < -0.4 is 19.8 Å². The lowest BCUT2D eigenvalue weighted by Gasteiger charge is -2.26. The van der Waals surface area contributed by atoms with Crippen molar-refractivity contribution in [2.24, 2.45) is 0 Å². The van der Waals surface area contributed by atoms with Crippen molar-refractivity contribution in [3.05, 3.63) is 94.9 Å². The van der Waals surface area contributed by atoms with Crippen molar-refractivity contribution in [1.82, 2.24) is 4.98 Å². The molecule has 10 nitrogen and oxygen atoms in total. The fourth-order valence-electron chi connectivity index (χ4n) is 4.92. The molecule has 0 radical (unpaired) electrons. The minimum absolute atomic E-state index is 0.131. The Bertz CT molecular complexity index is 1780. The molecule has 0 bridgehead atoms. The molecule has 0 saturated heterocycles. The number of methoxy groups -OCH3 is 1. The fourth-order valence-corrected chi connectivity index (χ4v) is 4.92. The number of carbonyl (C=O) groups excluding carboxylic acids is 2. The van der Waals surface area contributed by atoms with Crippen molar-refractivity contribution in [2.45, 2.75) is 20.5 Å². The number of carbonyl (C=O) groups is 2. The quantitative estimate of drug-likeness (QED) is 0.135. The van der Waals surface area contributed by atoms with Gasteiger partial charge in [0, 0.05) is 34.8 Å². The fraction of sp³-hybridized carbons (Fsp3) is 0.235. The van der Waals surface area contributed by atoms with Gasteiger partial charge >= 0.3 is 11.9 Å². The van der Waals surface area contributed by atoms with Gasteiger partial charge in [-0.2, -0.15) is 0 Å². The molecule has 0 atom stereocenters. The Hall–Kier alpha value is -5.38. The molecular weight excluding hydrogens is 564 g/mol. The molecule has 1 aromatic heterocycles. The van der Waals surface area contributed by atoms with E-state index in [0.717, 1.165) is 22.1 Å². The Balaban J connectivity index is 1.68. The largest absolute Gasteiger partial charge is 0.497 e. The molecule has 2 aliphatic rings. The van der Waals surface area contributed by atoms with Crippen LogP contribution in [0, 0.1) is 0 Å². The number of hydrogen-bond acceptors (Lipinski definition) is 10. The summed E-state index contributed by atoms with van der Waals surface area (Å²) in [6.07, 6.45) is 1.67. The molecule has 0 saturated carbocycles. The van der Waals surface area contributed by atoms with Gasteiger partial charge in [-0.05, 0) is 67.9 Å². The number of fused-ring (bicyclic) bond motifs is 2. The van der Waals surface area contributed by atoms with Crippen LogP contribution in [0.5, 0.6) is 11.5 Å². The first-order valence-corrected chi connectivity index (χ1v) is 14.2. The third kappa shape index (κ3) is 6.81. The summed E-state index contributed by atoms with van der Waals surface area (Å²) in [4.78, 5) is 43.4. The molecule has 44 heavy (non-hydrogen) atoms. The molecule has 10 heteroatoms. The molecule has 1 aliphatic carbocycles. The van der Waals surface area contributed by atoms with Gasteiger partial charge in [0.1, 0.15) is 42.5 Å². The van der Waals surface area contributed by atoms with E-state index in [1.807, 2.05) is 42.5 Å². The molecule has 0 N–H and O–H groups in total. The average molecular weight is 597 g/mol. The SMILES string of the molecule is CCOC(=O)CN(CC(=O)OCC)c1ccc(-c2c3ccc(=O)cc-3oc3cc(OC)ccc23)cc1OCc1ccccn1. The summed E-state index contributed by atoms with van der Waals surface area (Å²) in [6, 6.07) is 21.2. The van der Waals surface area contributed by atoms with E-state index in [1.54, 1.807) is 50.3 Å². The second-order valence-electron chi connectivity index (χ2n) is 9.76. The van der Waals surface area contributed by atoms with Crippen LogP contribution in [0.2, 0.25) is 0 Å². The molecule has 3 aromatic rings. The van der Waals surface area contributed by atoms with Gasteiger partial charge in [-0.15, -0.1) is 0 Å². The number of aromatic nitrogens is 1.